The number of hydrogen-bond donors (Lipinski definition) is 3. The number of nitrogens with zero attached hydrogens (tertiary/aromatic N) is 1. The van der Waals surface area contributed by atoms with Crippen molar-refractivity contribution >= 4 is 16.9 Å². The van der Waals surface area contributed by atoms with Crippen molar-refractivity contribution in [1.29, 1.82) is 0 Å². The normalized spacial score (nSPS) is 20.6. The van der Waals surface area contributed by atoms with E-state index in [2.05, 4.69) is 46.4 Å². The molecule has 0 radical (unpaired) electrons. The third kappa shape index (κ3) is 4.47. The lowest BCUT2D eigenvalue weighted by molar-refractivity contribution is -0.139. The molecule has 3 heterocycles. The molecule has 3 atom stereocenters. The summed E-state index contributed by atoms with van der Waals surface area (Å²) in [5, 5.41) is 14.4. The summed E-state index contributed by atoms with van der Waals surface area (Å²) < 4.78 is 16.9. The van der Waals surface area contributed by atoms with Crippen LogP contribution in [0.5, 0.6) is 17.2 Å². The summed E-state index contributed by atoms with van der Waals surface area (Å²) in [5.41, 5.74) is 7.69. The molecule has 40 heavy (non-hydrogen) atoms. The first-order valence-electron chi connectivity index (χ1n) is 13.7. The molecule has 8 nitrogen and oxygen atoms in total. The number of hydrogen-bond acceptors (Lipinski definition) is 6. The lowest BCUT2D eigenvalue weighted by Crippen LogP contribution is -2.45. The monoisotopic (exact) mass is 541 g/mol. The van der Waals surface area contributed by atoms with E-state index in [-0.39, 0.29) is 12.1 Å². The Morgan fingerprint density at radius 1 is 1.00 bits per heavy atom. The Labute approximate surface area is 233 Å². The van der Waals surface area contributed by atoms with Gasteiger partial charge in [-0.1, -0.05) is 24.3 Å². The van der Waals surface area contributed by atoms with E-state index in [1.807, 2.05) is 30.3 Å². The Morgan fingerprint density at radius 3 is 2.50 bits per heavy atom. The lowest BCUT2D eigenvalue weighted by atomic mass is 9.89. The Bertz CT molecular complexity index is 1580. The van der Waals surface area contributed by atoms with Crippen molar-refractivity contribution in [3.8, 4) is 17.2 Å². The second kappa shape index (κ2) is 10.5. The van der Waals surface area contributed by atoms with Crippen LogP contribution in [0.4, 0.5) is 0 Å². The highest BCUT2D eigenvalue weighted by Gasteiger charge is 2.34. The number of carboxylic acids is 1. The number of rotatable bonds is 7. The van der Waals surface area contributed by atoms with Gasteiger partial charge >= 0.3 is 5.97 Å². The summed E-state index contributed by atoms with van der Waals surface area (Å²) in [7, 11) is 5.03. The van der Waals surface area contributed by atoms with Crippen molar-refractivity contribution in [2.45, 2.75) is 44.4 Å². The van der Waals surface area contributed by atoms with Gasteiger partial charge in [0.15, 0.2) is 11.5 Å². The van der Waals surface area contributed by atoms with Gasteiger partial charge in [0.25, 0.3) is 0 Å². The van der Waals surface area contributed by atoms with Crippen LogP contribution in [0.15, 0.2) is 54.6 Å². The van der Waals surface area contributed by atoms with Gasteiger partial charge in [-0.25, -0.2) is 0 Å². The molecule has 0 saturated heterocycles. The van der Waals surface area contributed by atoms with Crippen LogP contribution in [0.25, 0.3) is 10.9 Å². The van der Waals surface area contributed by atoms with Crippen LogP contribution in [0.1, 0.15) is 52.5 Å². The van der Waals surface area contributed by atoms with Crippen molar-refractivity contribution in [2.24, 2.45) is 0 Å². The number of carbonyl (C=O) groups is 1. The minimum absolute atomic E-state index is 0.168. The third-order valence-corrected chi connectivity index (χ3v) is 8.53. The average Bonchev–Trinajstić information content (AvgIpc) is 3.36. The summed E-state index contributed by atoms with van der Waals surface area (Å²) in [5.74, 6) is 1.46. The molecular formula is C32H35N3O5. The molecule has 3 aromatic carbocycles. The first-order valence-corrected chi connectivity index (χ1v) is 13.7. The van der Waals surface area contributed by atoms with Crippen LogP contribution >= 0.6 is 0 Å². The second-order valence-corrected chi connectivity index (χ2v) is 10.6. The number of aromatic amines is 1. The number of fused-ring (bicyclic) bond motifs is 4. The van der Waals surface area contributed by atoms with Gasteiger partial charge in [0, 0.05) is 47.7 Å². The van der Waals surface area contributed by atoms with Crippen molar-refractivity contribution in [1.82, 2.24) is 15.2 Å². The van der Waals surface area contributed by atoms with E-state index in [0.29, 0.717) is 13.0 Å². The quantitative estimate of drug-likeness (QED) is 0.303. The van der Waals surface area contributed by atoms with Gasteiger partial charge < -0.3 is 24.3 Å². The van der Waals surface area contributed by atoms with E-state index in [1.54, 1.807) is 21.3 Å². The number of aromatic nitrogens is 1. The highest BCUT2D eigenvalue weighted by atomic mass is 16.5. The molecule has 2 aliphatic rings. The fourth-order valence-electron chi connectivity index (χ4n) is 6.39. The fraction of sp³-hybridized carbons (Fsp3) is 0.344. The molecule has 0 aliphatic carbocycles. The van der Waals surface area contributed by atoms with E-state index in [0.717, 1.165) is 63.5 Å². The molecule has 1 aromatic heterocycles. The van der Waals surface area contributed by atoms with Gasteiger partial charge in [-0.05, 0) is 65.9 Å². The first-order chi connectivity index (χ1) is 19.4. The SMILES string of the molecule is COc1ccc([C@@H]2N[C@H](C(=O)O)Cc3c2[nH]c2ccccc32)cc1CN1CCc2cc(OC)c(OC)cc2[C@H]1C. The summed E-state index contributed by atoms with van der Waals surface area (Å²) in [4.78, 5) is 18.2. The molecule has 0 bridgehead atoms. The summed E-state index contributed by atoms with van der Waals surface area (Å²) in [6, 6.07) is 17.7. The molecule has 0 spiro atoms. The maximum Gasteiger partial charge on any atom is 0.321 e. The largest absolute Gasteiger partial charge is 0.496 e. The molecule has 0 unspecified atom stereocenters. The molecule has 2 aliphatic heterocycles. The van der Waals surface area contributed by atoms with E-state index < -0.39 is 12.0 Å². The van der Waals surface area contributed by atoms with Crippen molar-refractivity contribution < 1.29 is 24.1 Å². The molecular weight excluding hydrogens is 506 g/mol. The molecule has 6 rings (SSSR count). The number of carboxylic acid groups (broad SMARTS) is 1. The Kier molecular flexibility index (Phi) is 6.90. The zero-order chi connectivity index (χ0) is 28.0. The second-order valence-electron chi connectivity index (χ2n) is 10.6. The molecule has 0 saturated carbocycles. The molecule has 0 fully saturated rings. The molecule has 0 amide bonds. The number of para-hydroxylation sites is 1. The van der Waals surface area contributed by atoms with Crippen LogP contribution < -0.4 is 19.5 Å². The lowest BCUT2D eigenvalue weighted by Gasteiger charge is -2.36. The highest BCUT2D eigenvalue weighted by Crippen LogP contribution is 2.40. The van der Waals surface area contributed by atoms with Crippen molar-refractivity contribution in [3.63, 3.8) is 0 Å². The summed E-state index contributed by atoms with van der Waals surface area (Å²) in [6.07, 6.45) is 1.35. The van der Waals surface area contributed by atoms with E-state index >= 15 is 0 Å². The van der Waals surface area contributed by atoms with Gasteiger partial charge in [-0.2, -0.15) is 0 Å². The van der Waals surface area contributed by atoms with Crippen molar-refractivity contribution in [2.75, 3.05) is 27.9 Å². The van der Waals surface area contributed by atoms with E-state index in [1.165, 1.54) is 11.1 Å². The van der Waals surface area contributed by atoms with Gasteiger partial charge in [0.05, 0.1) is 27.4 Å². The first kappa shape index (κ1) is 26.2. The molecule has 208 valence electrons. The summed E-state index contributed by atoms with van der Waals surface area (Å²) in [6.45, 7) is 3.81. The predicted octanol–water partition coefficient (Wildman–Crippen LogP) is 5.00. The van der Waals surface area contributed by atoms with E-state index in [4.69, 9.17) is 14.2 Å². The zero-order valence-electron chi connectivity index (χ0n) is 23.3. The Balaban J connectivity index is 1.35. The summed E-state index contributed by atoms with van der Waals surface area (Å²) >= 11 is 0. The van der Waals surface area contributed by atoms with Gasteiger partial charge in [0.1, 0.15) is 11.8 Å². The average molecular weight is 542 g/mol. The van der Waals surface area contributed by atoms with Crippen LogP contribution in [0.2, 0.25) is 0 Å². The van der Waals surface area contributed by atoms with Gasteiger partial charge in [-0.15, -0.1) is 0 Å². The molecule has 4 aromatic rings. The number of ether oxygens (including phenoxy) is 3. The fourth-order valence-corrected chi connectivity index (χ4v) is 6.39. The minimum atomic E-state index is -0.845. The van der Waals surface area contributed by atoms with E-state index in [9.17, 15) is 9.90 Å². The Morgan fingerprint density at radius 2 is 1.75 bits per heavy atom. The van der Waals surface area contributed by atoms with Crippen LogP contribution in [-0.2, 0) is 24.2 Å². The van der Waals surface area contributed by atoms with Crippen LogP contribution in [0.3, 0.4) is 0 Å². The highest BCUT2D eigenvalue weighted by molar-refractivity contribution is 5.87. The number of methoxy groups -OCH3 is 3. The number of aliphatic carboxylic acids is 1. The Hall–Kier alpha value is -4.01. The van der Waals surface area contributed by atoms with Crippen LogP contribution in [0, 0.1) is 0 Å². The maximum absolute atomic E-state index is 12.1. The van der Waals surface area contributed by atoms with Crippen molar-refractivity contribution in [3.05, 3.63) is 88.1 Å². The van der Waals surface area contributed by atoms with Crippen LogP contribution in [-0.4, -0.2) is 54.9 Å². The smallest absolute Gasteiger partial charge is 0.321 e. The van der Waals surface area contributed by atoms with Gasteiger partial charge in [-0.3, -0.25) is 15.0 Å². The standard InChI is InChI=1S/C32H35N3O5/c1-18-23-16-29(40-4)28(39-3)14-19(23)11-12-35(18)17-21-13-20(9-10-27(21)38-2)30-31-24(15-26(34-30)32(36)37)22-7-5-6-8-25(22)33-31/h5-10,13-14,16,18,26,30,33-34H,11-12,15,17H2,1-4H3,(H,36,37)/t18-,26+,30+/m1/s1. The topological polar surface area (TPSA) is 96.0 Å². The third-order valence-electron chi connectivity index (χ3n) is 8.53. The number of nitrogens with one attached hydrogen (secondary N) is 2. The molecule has 8 heteroatoms. The molecule has 3 N–H and O–H groups in total. The predicted molar refractivity (Wildman–Crippen MR) is 153 cm³/mol. The number of H-pyrrole nitrogens is 1. The zero-order valence-corrected chi connectivity index (χ0v) is 23.3. The number of benzene rings is 3. The minimum Gasteiger partial charge on any atom is -0.496 e. The maximum atomic E-state index is 12.1. The van der Waals surface area contributed by atoms with Gasteiger partial charge in [0.2, 0.25) is 0 Å².